The quantitative estimate of drug-likeness (QED) is 0.816. The van der Waals surface area contributed by atoms with Crippen LogP contribution in [0.4, 0.5) is 0 Å². The maximum Gasteiger partial charge on any atom is 0.0351 e. The zero-order valence-corrected chi connectivity index (χ0v) is 13.0. The summed E-state index contributed by atoms with van der Waals surface area (Å²) < 4.78 is 0. The number of hydrogen-bond donors (Lipinski definition) is 1. The van der Waals surface area contributed by atoms with Gasteiger partial charge in [-0.1, -0.05) is 64.8 Å². The van der Waals surface area contributed by atoms with E-state index >= 15 is 0 Å². The Kier molecular flexibility index (Phi) is 4.06. The van der Waals surface area contributed by atoms with Crippen molar-refractivity contribution < 1.29 is 0 Å². The third kappa shape index (κ3) is 2.86. The van der Waals surface area contributed by atoms with Crippen LogP contribution in [0, 0.1) is 5.41 Å². The highest BCUT2D eigenvalue weighted by Crippen LogP contribution is 2.48. The highest BCUT2D eigenvalue weighted by molar-refractivity contribution is 5.30. The smallest absolute Gasteiger partial charge is 0.0351 e. The van der Waals surface area contributed by atoms with Gasteiger partial charge in [0.2, 0.25) is 0 Å². The van der Waals surface area contributed by atoms with Crippen LogP contribution >= 0.6 is 0 Å². The van der Waals surface area contributed by atoms with Gasteiger partial charge < -0.3 is 5.73 Å². The molecule has 0 aliphatic heterocycles. The molecule has 0 spiro atoms. The normalized spacial score (nSPS) is 20.5. The van der Waals surface area contributed by atoms with Crippen LogP contribution in [-0.4, -0.2) is 0 Å². The first kappa shape index (κ1) is 14.6. The Hall–Kier alpha value is -0.820. The summed E-state index contributed by atoms with van der Waals surface area (Å²) in [5, 5.41) is 0. The maximum absolute atomic E-state index is 6.60. The molecule has 0 bridgehead atoms. The first-order chi connectivity index (χ1) is 8.89. The first-order valence-corrected chi connectivity index (χ1v) is 7.75. The van der Waals surface area contributed by atoms with E-state index in [1.807, 2.05) is 0 Å². The van der Waals surface area contributed by atoms with E-state index in [9.17, 15) is 0 Å². The Morgan fingerprint density at radius 1 is 1.11 bits per heavy atom. The fourth-order valence-corrected chi connectivity index (χ4v) is 3.51. The lowest BCUT2D eigenvalue weighted by Crippen LogP contribution is -2.31. The minimum absolute atomic E-state index is 0.203. The van der Waals surface area contributed by atoms with E-state index in [0.29, 0.717) is 5.41 Å². The third-order valence-electron chi connectivity index (χ3n) is 5.10. The molecule has 1 aliphatic carbocycles. The Labute approximate surface area is 118 Å². The molecule has 1 fully saturated rings. The molecule has 1 unspecified atom stereocenters. The molecule has 0 aromatic heterocycles. The standard InChI is InChI=1S/C18H29N/c1-5-18(12-6-7-13-18)16(19)14-8-10-15(11-9-14)17(2,3)4/h8-11,16H,5-7,12-13,19H2,1-4H3. The largest absolute Gasteiger partial charge is 0.323 e. The van der Waals surface area contributed by atoms with E-state index in [-0.39, 0.29) is 11.5 Å². The topological polar surface area (TPSA) is 26.0 Å². The minimum Gasteiger partial charge on any atom is -0.323 e. The SMILES string of the molecule is CCC1(C(N)c2ccc(C(C)(C)C)cc2)CCCC1. The second-order valence-electron chi connectivity index (χ2n) is 7.27. The molecule has 1 saturated carbocycles. The second kappa shape index (κ2) is 5.28. The molecule has 106 valence electrons. The summed E-state index contributed by atoms with van der Waals surface area (Å²) in [5.41, 5.74) is 9.88. The van der Waals surface area contributed by atoms with Gasteiger partial charge in [0.15, 0.2) is 0 Å². The Morgan fingerprint density at radius 2 is 1.63 bits per heavy atom. The summed E-state index contributed by atoms with van der Waals surface area (Å²) in [4.78, 5) is 0. The predicted molar refractivity (Wildman–Crippen MR) is 83.3 cm³/mol. The number of benzene rings is 1. The van der Waals surface area contributed by atoms with Crippen LogP contribution in [0.5, 0.6) is 0 Å². The molecule has 0 heterocycles. The van der Waals surface area contributed by atoms with Crippen molar-refractivity contribution in [3.63, 3.8) is 0 Å². The van der Waals surface area contributed by atoms with Gasteiger partial charge in [0.1, 0.15) is 0 Å². The number of hydrogen-bond acceptors (Lipinski definition) is 1. The van der Waals surface area contributed by atoms with Gasteiger partial charge in [-0.05, 0) is 41.2 Å². The van der Waals surface area contributed by atoms with Gasteiger partial charge in [0.25, 0.3) is 0 Å². The molecular weight excluding hydrogens is 230 g/mol. The van der Waals surface area contributed by atoms with E-state index < -0.39 is 0 Å². The molecule has 1 aliphatic rings. The molecular formula is C18H29N. The zero-order valence-electron chi connectivity index (χ0n) is 13.0. The highest BCUT2D eigenvalue weighted by atomic mass is 14.7. The van der Waals surface area contributed by atoms with Gasteiger partial charge in [0.05, 0.1) is 0 Å². The summed E-state index contributed by atoms with van der Waals surface area (Å²) in [5.74, 6) is 0. The molecule has 0 amide bonds. The Balaban J connectivity index is 2.22. The van der Waals surface area contributed by atoms with E-state index in [1.54, 1.807) is 0 Å². The number of nitrogens with two attached hydrogens (primary N) is 1. The van der Waals surface area contributed by atoms with Crippen LogP contribution in [0.3, 0.4) is 0 Å². The van der Waals surface area contributed by atoms with Crippen molar-refractivity contribution in [2.24, 2.45) is 11.1 Å². The van der Waals surface area contributed by atoms with Crippen LogP contribution in [-0.2, 0) is 5.41 Å². The Bertz CT molecular complexity index is 404. The molecule has 2 rings (SSSR count). The monoisotopic (exact) mass is 259 g/mol. The summed E-state index contributed by atoms with van der Waals surface area (Å²) >= 11 is 0. The lowest BCUT2D eigenvalue weighted by molar-refractivity contribution is 0.222. The molecule has 0 saturated heterocycles. The van der Waals surface area contributed by atoms with Gasteiger partial charge in [-0.25, -0.2) is 0 Å². The molecule has 1 atom stereocenters. The van der Waals surface area contributed by atoms with Crippen molar-refractivity contribution in [3.8, 4) is 0 Å². The van der Waals surface area contributed by atoms with Crippen LogP contribution in [0.25, 0.3) is 0 Å². The van der Waals surface area contributed by atoms with Gasteiger partial charge >= 0.3 is 0 Å². The van der Waals surface area contributed by atoms with Crippen LogP contribution in [0.15, 0.2) is 24.3 Å². The summed E-state index contributed by atoms with van der Waals surface area (Å²) in [6, 6.07) is 9.22. The second-order valence-corrected chi connectivity index (χ2v) is 7.27. The van der Waals surface area contributed by atoms with E-state index in [2.05, 4.69) is 52.0 Å². The summed E-state index contributed by atoms with van der Waals surface area (Å²) in [6.45, 7) is 9.07. The van der Waals surface area contributed by atoms with E-state index in [1.165, 1.54) is 43.2 Å². The molecule has 1 aromatic rings. The lowest BCUT2D eigenvalue weighted by Gasteiger charge is -2.35. The average molecular weight is 259 g/mol. The van der Waals surface area contributed by atoms with Gasteiger partial charge in [0, 0.05) is 6.04 Å². The molecule has 19 heavy (non-hydrogen) atoms. The molecule has 2 N–H and O–H groups in total. The predicted octanol–water partition coefficient (Wildman–Crippen LogP) is 4.95. The van der Waals surface area contributed by atoms with Crippen molar-refractivity contribution >= 4 is 0 Å². The van der Waals surface area contributed by atoms with Crippen LogP contribution in [0.2, 0.25) is 0 Å². The van der Waals surface area contributed by atoms with E-state index in [4.69, 9.17) is 5.73 Å². The van der Waals surface area contributed by atoms with E-state index in [0.717, 1.165) is 0 Å². The minimum atomic E-state index is 0.203. The van der Waals surface area contributed by atoms with Crippen molar-refractivity contribution in [2.45, 2.75) is 71.3 Å². The zero-order chi connectivity index (χ0) is 14.1. The molecule has 1 nitrogen and oxygen atoms in total. The van der Waals surface area contributed by atoms with Crippen LogP contribution in [0.1, 0.15) is 77.0 Å². The fraction of sp³-hybridized carbons (Fsp3) is 0.667. The molecule has 0 radical (unpaired) electrons. The molecule has 1 heteroatoms. The lowest BCUT2D eigenvalue weighted by atomic mass is 9.73. The van der Waals surface area contributed by atoms with Crippen molar-refractivity contribution in [1.82, 2.24) is 0 Å². The average Bonchev–Trinajstić information content (AvgIpc) is 2.87. The summed E-state index contributed by atoms with van der Waals surface area (Å²) in [7, 11) is 0. The molecule has 1 aromatic carbocycles. The van der Waals surface area contributed by atoms with Crippen LogP contribution < -0.4 is 5.73 Å². The first-order valence-electron chi connectivity index (χ1n) is 7.75. The van der Waals surface area contributed by atoms with Gasteiger partial charge in [-0.3, -0.25) is 0 Å². The summed E-state index contributed by atoms with van der Waals surface area (Å²) in [6.07, 6.45) is 6.50. The maximum atomic E-state index is 6.60. The van der Waals surface area contributed by atoms with Gasteiger partial charge in [-0.15, -0.1) is 0 Å². The van der Waals surface area contributed by atoms with Crippen molar-refractivity contribution in [1.29, 1.82) is 0 Å². The van der Waals surface area contributed by atoms with Crippen molar-refractivity contribution in [2.75, 3.05) is 0 Å². The third-order valence-corrected chi connectivity index (χ3v) is 5.10. The Morgan fingerprint density at radius 3 is 2.05 bits per heavy atom. The van der Waals surface area contributed by atoms with Gasteiger partial charge in [-0.2, -0.15) is 0 Å². The fourth-order valence-electron chi connectivity index (χ4n) is 3.51. The van der Waals surface area contributed by atoms with Crippen molar-refractivity contribution in [3.05, 3.63) is 35.4 Å². The highest BCUT2D eigenvalue weighted by Gasteiger charge is 2.38. The number of rotatable bonds is 3.